The lowest BCUT2D eigenvalue weighted by molar-refractivity contribution is -0.116. The Bertz CT molecular complexity index is 1310. The Morgan fingerprint density at radius 3 is 2.62 bits per heavy atom. The third-order valence-electron chi connectivity index (χ3n) is 5.94. The Hall–Kier alpha value is -3.87. The van der Waals surface area contributed by atoms with E-state index in [2.05, 4.69) is 20.6 Å². The first-order chi connectivity index (χ1) is 15.5. The lowest BCUT2D eigenvalue weighted by Gasteiger charge is -2.33. The number of amides is 1. The van der Waals surface area contributed by atoms with Crippen molar-refractivity contribution in [2.75, 3.05) is 5.32 Å². The summed E-state index contributed by atoms with van der Waals surface area (Å²) in [7, 11) is 0. The first-order valence-corrected chi connectivity index (χ1v) is 10.7. The highest BCUT2D eigenvalue weighted by Crippen LogP contribution is 2.41. The van der Waals surface area contributed by atoms with Gasteiger partial charge in [0, 0.05) is 35.2 Å². The first-order valence-electron chi connectivity index (χ1n) is 10.7. The average Bonchev–Trinajstić information content (AvgIpc) is 2.79. The summed E-state index contributed by atoms with van der Waals surface area (Å²) in [5.41, 5.74) is 5.77. The predicted octanol–water partition coefficient (Wildman–Crippen LogP) is 3.94. The molecule has 0 saturated heterocycles. The van der Waals surface area contributed by atoms with E-state index >= 15 is 0 Å². The van der Waals surface area contributed by atoms with E-state index in [0.717, 1.165) is 35.1 Å². The molecule has 0 fully saturated rings. The van der Waals surface area contributed by atoms with Gasteiger partial charge in [-0.3, -0.25) is 14.6 Å². The molecule has 0 saturated carbocycles. The summed E-state index contributed by atoms with van der Waals surface area (Å²) in [6.45, 7) is 3.80. The maximum absolute atomic E-state index is 13.5. The van der Waals surface area contributed by atoms with E-state index in [1.54, 1.807) is 18.5 Å². The normalized spacial score (nSPS) is 18.4. The predicted molar refractivity (Wildman–Crippen MR) is 122 cm³/mol. The molecular formula is C25H23N5O2. The molecule has 2 aliphatic rings. The zero-order valence-electron chi connectivity index (χ0n) is 18.0. The molecule has 7 heteroatoms. The van der Waals surface area contributed by atoms with Crippen LogP contribution in [0.5, 0.6) is 0 Å². The average molecular weight is 425 g/mol. The fourth-order valence-electron chi connectivity index (χ4n) is 4.42. The quantitative estimate of drug-likeness (QED) is 0.660. The van der Waals surface area contributed by atoms with Gasteiger partial charge in [-0.05, 0) is 50.5 Å². The molecule has 5 rings (SSSR count). The summed E-state index contributed by atoms with van der Waals surface area (Å²) in [5, 5.41) is 6.21. The van der Waals surface area contributed by atoms with E-state index in [1.807, 2.05) is 44.2 Å². The van der Waals surface area contributed by atoms with Crippen LogP contribution < -0.4 is 10.6 Å². The zero-order chi connectivity index (χ0) is 22.2. The number of hydrogen-bond acceptors (Lipinski definition) is 6. The van der Waals surface area contributed by atoms with Crippen molar-refractivity contribution < 1.29 is 9.59 Å². The molecule has 1 aliphatic heterocycles. The maximum atomic E-state index is 13.5. The largest absolute Gasteiger partial charge is 0.362 e. The summed E-state index contributed by atoms with van der Waals surface area (Å²) in [6, 6.07) is 11.2. The molecule has 0 radical (unpaired) electrons. The van der Waals surface area contributed by atoms with Crippen LogP contribution in [0.25, 0.3) is 11.0 Å². The molecule has 2 N–H and O–H groups in total. The molecular weight excluding hydrogens is 402 g/mol. The molecule has 3 heterocycles. The summed E-state index contributed by atoms with van der Waals surface area (Å²) in [6.07, 6.45) is 5.40. The highest BCUT2D eigenvalue weighted by molar-refractivity contribution is 6.09. The number of aromatic nitrogens is 3. The lowest BCUT2D eigenvalue weighted by atomic mass is 9.77. The van der Waals surface area contributed by atoms with Gasteiger partial charge in [0.05, 0.1) is 28.8 Å². The monoisotopic (exact) mass is 425 g/mol. The Kier molecular flexibility index (Phi) is 5.01. The number of pyridine rings is 1. The number of carbonyl (C=O) groups is 2. The van der Waals surface area contributed by atoms with Crippen molar-refractivity contribution in [2.45, 2.75) is 39.0 Å². The van der Waals surface area contributed by atoms with Crippen molar-refractivity contribution in [3.05, 3.63) is 82.6 Å². The van der Waals surface area contributed by atoms with Crippen molar-refractivity contribution in [3.8, 4) is 0 Å². The molecule has 1 atom stereocenters. The fraction of sp³-hybridized carbons (Fsp3) is 0.240. The van der Waals surface area contributed by atoms with Crippen LogP contribution in [-0.4, -0.2) is 26.6 Å². The number of ketones is 1. The summed E-state index contributed by atoms with van der Waals surface area (Å²) < 4.78 is 0. The Morgan fingerprint density at radius 2 is 1.84 bits per heavy atom. The molecule has 160 valence electrons. The van der Waals surface area contributed by atoms with Gasteiger partial charge in [0.15, 0.2) is 5.78 Å². The summed E-state index contributed by atoms with van der Waals surface area (Å²) in [4.78, 5) is 40.1. The van der Waals surface area contributed by atoms with Crippen LogP contribution in [0.1, 0.15) is 43.4 Å². The van der Waals surface area contributed by atoms with Crippen molar-refractivity contribution in [1.82, 2.24) is 20.3 Å². The number of nitrogens with one attached hydrogen (secondary N) is 2. The van der Waals surface area contributed by atoms with Crippen LogP contribution >= 0.6 is 0 Å². The molecule has 1 aromatic carbocycles. The smallest absolute Gasteiger partial charge is 0.255 e. The van der Waals surface area contributed by atoms with Gasteiger partial charge in [0.2, 0.25) is 0 Å². The van der Waals surface area contributed by atoms with Crippen molar-refractivity contribution >= 4 is 28.5 Å². The molecule has 3 aromatic rings. The minimum atomic E-state index is -0.582. The van der Waals surface area contributed by atoms with Crippen LogP contribution in [0, 0.1) is 6.92 Å². The number of dihydropyridines is 1. The van der Waals surface area contributed by atoms with Gasteiger partial charge < -0.3 is 10.6 Å². The molecule has 2 aromatic heterocycles. The molecule has 1 amide bonds. The molecule has 32 heavy (non-hydrogen) atoms. The van der Waals surface area contributed by atoms with Gasteiger partial charge in [-0.2, -0.15) is 0 Å². The SMILES string of the molecule is CC1=C(C(=O)Nc2ccc(C)cn2)C(c2cnc3ccccc3n2)C2=C(CCCC2=O)N1. The van der Waals surface area contributed by atoms with Crippen molar-refractivity contribution in [3.63, 3.8) is 0 Å². The highest BCUT2D eigenvalue weighted by atomic mass is 16.2. The van der Waals surface area contributed by atoms with E-state index in [-0.39, 0.29) is 11.7 Å². The standard InChI is InChI=1S/C25H23N5O2/c1-14-10-11-21(27-12-14)30-25(32)22-15(2)28-18-8-5-9-20(31)23(18)24(22)19-13-26-16-6-3-4-7-17(16)29-19/h3-4,6-7,10-13,24,28H,5,8-9H2,1-2H3,(H,27,30,32). The second-order valence-corrected chi connectivity index (χ2v) is 8.22. The third kappa shape index (κ3) is 3.56. The topological polar surface area (TPSA) is 96.9 Å². The Balaban J connectivity index is 1.62. The number of carbonyl (C=O) groups excluding carboxylic acids is 2. The number of allylic oxidation sites excluding steroid dienone is 3. The highest BCUT2D eigenvalue weighted by Gasteiger charge is 2.39. The van der Waals surface area contributed by atoms with Gasteiger partial charge >= 0.3 is 0 Å². The van der Waals surface area contributed by atoms with E-state index in [9.17, 15) is 9.59 Å². The van der Waals surface area contributed by atoms with Crippen LogP contribution in [0.3, 0.4) is 0 Å². The number of anilines is 1. The number of Topliss-reactive ketones (excluding diaryl/α,β-unsaturated/α-hetero) is 1. The Morgan fingerprint density at radius 1 is 1.03 bits per heavy atom. The van der Waals surface area contributed by atoms with Gasteiger partial charge in [-0.1, -0.05) is 18.2 Å². The third-order valence-corrected chi connectivity index (χ3v) is 5.94. The number of rotatable bonds is 3. The van der Waals surface area contributed by atoms with Gasteiger partial charge in [-0.25, -0.2) is 9.97 Å². The van der Waals surface area contributed by atoms with Crippen molar-refractivity contribution in [2.24, 2.45) is 0 Å². The molecule has 1 aliphatic carbocycles. The number of fused-ring (bicyclic) bond motifs is 1. The molecule has 1 unspecified atom stereocenters. The van der Waals surface area contributed by atoms with Crippen LogP contribution in [0.4, 0.5) is 5.82 Å². The summed E-state index contributed by atoms with van der Waals surface area (Å²) >= 11 is 0. The van der Waals surface area contributed by atoms with Gasteiger partial charge in [-0.15, -0.1) is 0 Å². The zero-order valence-corrected chi connectivity index (χ0v) is 18.0. The van der Waals surface area contributed by atoms with E-state index in [1.165, 1.54) is 0 Å². The van der Waals surface area contributed by atoms with E-state index < -0.39 is 5.92 Å². The number of hydrogen-bond donors (Lipinski definition) is 2. The number of para-hydroxylation sites is 2. The Labute approximate surface area is 185 Å². The number of nitrogens with zero attached hydrogens (tertiary/aromatic N) is 3. The van der Waals surface area contributed by atoms with Crippen LogP contribution in [0.15, 0.2) is 71.3 Å². The molecule has 0 bridgehead atoms. The minimum Gasteiger partial charge on any atom is -0.362 e. The fourth-order valence-corrected chi connectivity index (χ4v) is 4.42. The molecule has 0 spiro atoms. The van der Waals surface area contributed by atoms with Gasteiger partial charge in [0.1, 0.15) is 5.82 Å². The second kappa shape index (κ2) is 8.00. The van der Waals surface area contributed by atoms with E-state index in [0.29, 0.717) is 34.8 Å². The minimum absolute atomic E-state index is 0.0463. The van der Waals surface area contributed by atoms with Crippen molar-refractivity contribution in [1.29, 1.82) is 0 Å². The van der Waals surface area contributed by atoms with E-state index in [4.69, 9.17) is 4.98 Å². The summed E-state index contributed by atoms with van der Waals surface area (Å²) in [5.74, 6) is -0.387. The first kappa shape index (κ1) is 20.1. The molecule has 7 nitrogen and oxygen atoms in total. The van der Waals surface area contributed by atoms with Crippen LogP contribution in [-0.2, 0) is 9.59 Å². The lowest BCUT2D eigenvalue weighted by Crippen LogP contribution is -2.36. The number of aryl methyl sites for hydroxylation is 1. The maximum Gasteiger partial charge on any atom is 0.255 e. The van der Waals surface area contributed by atoms with Crippen LogP contribution in [0.2, 0.25) is 0 Å². The number of benzene rings is 1. The second-order valence-electron chi connectivity index (χ2n) is 8.22. The van der Waals surface area contributed by atoms with Gasteiger partial charge in [0.25, 0.3) is 5.91 Å².